The average Bonchev–Trinajstić information content (AvgIpc) is 2.69. The zero-order valence-electron chi connectivity index (χ0n) is 16.3. The second-order valence-electron chi connectivity index (χ2n) is 7.21. The van der Waals surface area contributed by atoms with Crippen LogP contribution in [0, 0.1) is 5.92 Å². The Labute approximate surface area is 167 Å². The number of unbranched alkanes of at least 4 members (excludes halogenated alkanes) is 3. The summed E-state index contributed by atoms with van der Waals surface area (Å²) >= 11 is 5.82. The van der Waals surface area contributed by atoms with Crippen LogP contribution in [0.4, 0.5) is 5.82 Å². The van der Waals surface area contributed by atoms with Crippen LogP contribution in [-0.2, 0) is 9.59 Å². The number of carbonyl (C=O) groups excluding carboxylic acids is 2. The molecule has 1 aromatic rings. The number of anilines is 1. The van der Waals surface area contributed by atoms with Gasteiger partial charge >= 0.3 is 0 Å². The highest BCUT2D eigenvalue weighted by atomic mass is 35.5. The van der Waals surface area contributed by atoms with Gasteiger partial charge in [0.05, 0.1) is 17.0 Å². The van der Waals surface area contributed by atoms with Gasteiger partial charge in [-0.25, -0.2) is 4.98 Å². The van der Waals surface area contributed by atoms with Crippen molar-refractivity contribution in [3.8, 4) is 0 Å². The molecule has 2 unspecified atom stereocenters. The Balaban J connectivity index is 1.80. The number of likely N-dealkylation sites (tertiary alicyclic amines) is 1. The first-order chi connectivity index (χ1) is 13.0. The lowest BCUT2D eigenvalue weighted by Crippen LogP contribution is -2.50. The summed E-state index contributed by atoms with van der Waals surface area (Å²) in [5.74, 6) is 0.428. The number of nitrogens with zero attached hydrogens (tertiary/aromatic N) is 2. The fourth-order valence-corrected chi connectivity index (χ4v) is 3.44. The fraction of sp³-hybridized carbons (Fsp3) is 0.650. The van der Waals surface area contributed by atoms with Crippen molar-refractivity contribution in [2.45, 2.75) is 58.4 Å². The molecule has 2 amide bonds. The molecule has 0 radical (unpaired) electrons. The van der Waals surface area contributed by atoms with E-state index in [4.69, 9.17) is 11.6 Å². The van der Waals surface area contributed by atoms with Crippen molar-refractivity contribution in [2.24, 2.45) is 5.92 Å². The summed E-state index contributed by atoms with van der Waals surface area (Å²) in [6, 6.07) is 3.05. The number of aromatic nitrogens is 1. The molecule has 6 nitrogen and oxygen atoms in total. The molecule has 1 saturated heterocycles. The van der Waals surface area contributed by atoms with Crippen LogP contribution in [0.2, 0.25) is 5.02 Å². The Morgan fingerprint density at radius 1 is 1.33 bits per heavy atom. The number of hydrogen-bond donors (Lipinski definition) is 2. The molecule has 2 rings (SSSR count). The van der Waals surface area contributed by atoms with E-state index in [-0.39, 0.29) is 23.8 Å². The van der Waals surface area contributed by atoms with Gasteiger partial charge in [0, 0.05) is 19.3 Å². The third kappa shape index (κ3) is 7.11. The Hall–Kier alpha value is -1.66. The maximum atomic E-state index is 12.5. The molecular weight excluding hydrogens is 364 g/mol. The van der Waals surface area contributed by atoms with E-state index in [1.165, 1.54) is 19.0 Å². The maximum Gasteiger partial charge on any atom is 0.242 e. The summed E-state index contributed by atoms with van der Waals surface area (Å²) in [5, 5.41) is 6.40. The number of hydrogen-bond acceptors (Lipinski definition) is 4. The first-order valence-corrected chi connectivity index (χ1v) is 10.3. The zero-order valence-corrected chi connectivity index (χ0v) is 17.1. The minimum Gasteiger partial charge on any atom is -0.356 e. The Morgan fingerprint density at radius 2 is 2.15 bits per heavy atom. The van der Waals surface area contributed by atoms with E-state index in [2.05, 4.69) is 27.4 Å². The first-order valence-electron chi connectivity index (χ1n) is 9.95. The van der Waals surface area contributed by atoms with E-state index < -0.39 is 0 Å². The average molecular weight is 395 g/mol. The highest BCUT2D eigenvalue weighted by Crippen LogP contribution is 2.20. The molecule has 0 bridgehead atoms. The Kier molecular flexibility index (Phi) is 9.01. The monoisotopic (exact) mass is 394 g/mol. The number of rotatable bonds is 9. The lowest BCUT2D eigenvalue weighted by Gasteiger charge is -2.35. The smallest absolute Gasteiger partial charge is 0.242 e. The first kappa shape index (κ1) is 21.6. The molecule has 2 atom stereocenters. The summed E-state index contributed by atoms with van der Waals surface area (Å²) < 4.78 is 0. The molecule has 1 aliphatic rings. The van der Waals surface area contributed by atoms with Gasteiger partial charge in [-0.15, -0.1) is 0 Å². The molecule has 0 aromatic carbocycles. The maximum absolute atomic E-state index is 12.5. The number of amides is 2. The number of halogens is 1. The van der Waals surface area contributed by atoms with Crippen molar-refractivity contribution < 1.29 is 9.59 Å². The van der Waals surface area contributed by atoms with Crippen LogP contribution in [0.5, 0.6) is 0 Å². The lowest BCUT2D eigenvalue weighted by atomic mass is 9.95. The standard InChI is InChI=1S/C20H31ClN4O2/c1-3-4-5-6-11-22-20(27)16-8-7-12-25(14-16)15(2)19(26)24-18-10-9-17(21)13-23-18/h9-10,13,15-16H,3-8,11-12,14H2,1-2H3,(H,22,27)(H,23,24,26). The van der Waals surface area contributed by atoms with E-state index >= 15 is 0 Å². The third-order valence-electron chi connectivity index (χ3n) is 5.06. The van der Waals surface area contributed by atoms with Crippen molar-refractivity contribution in [3.05, 3.63) is 23.4 Å². The van der Waals surface area contributed by atoms with Crippen LogP contribution in [0.3, 0.4) is 0 Å². The van der Waals surface area contributed by atoms with E-state index in [0.717, 1.165) is 38.8 Å². The lowest BCUT2D eigenvalue weighted by molar-refractivity contribution is -0.129. The molecular formula is C20H31ClN4O2. The predicted octanol–water partition coefficient (Wildman–Crippen LogP) is 3.47. The fourth-order valence-electron chi connectivity index (χ4n) is 3.33. The second kappa shape index (κ2) is 11.2. The molecule has 1 aliphatic heterocycles. The zero-order chi connectivity index (χ0) is 19.6. The normalized spacial score (nSPS) is 18.7. The van der Waals surface area contributed by atoms with E-state index in [1.807, 2.05) is 6.92 Å². The molecule has 27 heavy (non-hydrogen) atoms. The van der Waals surface area contributed by atoms with E-state index in [9.17, 15) is 9.59 Å². The Morgan fingerprint density at radius 3 is 2.85 bits per heavy atom. The molecule has 1 aromatic heterocycles. The second-order valence-corrected chi connectivity index (χ2v) is 7.65. The predicted molar refractivity (Wildman–Crippen MR) is 109 cm³/mol. The summed E-state index contributed by atoms with van der Waals surface area (Å²) in [7, 11) is 0. The van der Waals surface area contributed by atoms with Gasteiger partial charge in [-0.2, -0.15) is 0 Å². The van der Waals surface area contributed by atoms with Gasteiger partial charge in [-0.1, -0.05) is 37.8 Å². The Bertz CT molecular complexity index is 609. The number of nitrogens with one attached hydrogen (secondary N) is 2. The highest BCUT2D eigenvalue weighted by molar-refractivity contribution is 6.30. The third-order valence-corrected chi connectivity index (χ3v) is 5.28. The number of pyridine rings is 1. The van der Waals surface area contributed by atoms with Crippen LogP contribution in [-0.4, -0.2) is 47.4 Å². The molecule has 0 spiro atoms. The van der Waals surface area contributed by atoms with Crippen molar-refractivity contribution in [1.82, 2.24) is 15.2 Å². The van der Waals surface area contributed by atoms with Crippen LogP contribution in [0.15, 0.2) is 18.3 Å². The SMILES string of the molecule is CCCCCCNC(=O)C1CCCN(C(C)C(=O)Nc2ccc(Cl)cn2)C1. The summed E-state index contributed by atoms with van der Waals surface area (Å²) in [6.45, 7) is 6.23. The molecule has 1 fully saturated rings. The van der Waals surface area contributed by atoms with Crippen LogP contribution >= 0.6 is 11.6 Å². The van der Waals surface area contributed by atoms with Crippen molar-refractivity contribution >= 4 is 29.2 Å². The number of carbonyl (C=O) groups is 2. The largest absolute Gasteiger partial charge is 0.356 e. The van der Waals surface area contributed by atoms with Gasteiger partial charge in [0.2, 0.25) is 11.8 Å². The van der Waals surface area contributed by atoms with Gasteiger partial charge in [-0.05, 0) is 44.9 Å². The van der Waals surface area contributed by atoms with Crippen molar-refractivity contribution in [1.29, 1.82) is 0 Å². The van der Waals surface area contributed by atoms with E-state index in [1.54, 1.807) is 12.1 Å². The van der Waals surface area contributed by atoms with Gasteiger partial charge in [0.1, 0.15) is 5.82 Å². The van der Waals surface area contributed by atoms with Gasteiger partial charge in [-0.3, -0.25) is 14.5 Å². The van der Waals surface area contributed by atoms with Crippen molar-refractivity contribution in [2.75, 3.05) is 25.0 Å². The molecule has 0 saturated carbocycles. The topological polar surface area (TPSA) is 74.3 Å². The molecule has 2 N–H and O–H groups in total. The van der Waals surface area contributed by atoms with Crippen LogP contribution in [0.25, 0.3) is 0 Å². The summed E-state index contributed by atoms with van der Waals surface area (Å²) in [5.41, 5.74) is 0. The van der Waals surface area contributed by atoms with Gasteiger partial charge in [0.15, 0.2) is 0 Å². The van der Waals surface area contributed by atoms with E-state index in [0.29, 0.717) is 17.4 Å². The van der Waals surface area contributed by atoms with Gasteiger partial charge < -0.3 is 10.6 Å². The van der Waals surface area contributed by atoms with Gasteiger partial charge in [0.25, 0.3) is 0 Å². The summed E-state index contributed by atoms with van der Waals surface area (Å²) in [4.78, 5) is 31.1. The van der Waals surface area contributed by atoms with Crippen LogP contribution < -0.4 is 10.6 Å². The highest BCUT2D eigenvalue weighted by Gasteiger charge is 2.30. The number of piperidine rings is 1. The van der Waals surface area contributed by atoms with Crippen molar-refractivity contribution in [3.63, 3.8) is 0 Å². The minimum absolute atomic E-state index is 0.0474. The molecule has 2 heterocycles. The quantitative estimate of drug-likeness (QED) is 0.629. The molecule has 150 valence electrons. The summed E-state index contributed by atoms with van der Waals surface area (Å²) in [6.07, 6.45) is 7.89. The minimum atomic E-state index is -0.317. The molecule has 7 heteroatoms. The molecule has 0 aliphatic carbocycles. The van der Waals surface area contributed by atoms with Crippen LogP contribution in [0.1, 0.15) is 52.4 Å².